The number of fused-ring (bicyclic) bond motifs is 1. The van der Waals surface area contributed by atoms with Crippen LogP contribution in [0.3, 0.4) is 0 Å². The molecule has 1 N–H and O–H groups in total. The minimum atomic E-state index is -3.61. The maximum absolute atomic E-state index is 12.9. The minimum absolute atomic E-state index is 0.176. The maximum atomic E-state index is 12.9. The standard InChI is InChI=1S/C18H17ClN4O3S/c19-15-6-5-13(27(24,25)23-7-9-26-10-8-23)11-17(15)22-18-14-3-1-2-4-16(14)20-12-21-18/h1-6,11-12H,7-10H2,(H,20,21,22). The summed E-state index contributed by atoms with van der Waals surface area (Å²) < 4.78 is 32.4. The molecule has 0 saturated carbocycles. The van der Waals surface area contributed by atoms with E-state index in [1.807, 2.05) is 24.3 Å². The molecule has 1 aliphatic rings. The largest absolute Gasteiger partial charge is 0.379 e. The molecule has 27 heavy (non-hydrogen) atoms. The first-order valence-electron chi connectivity index (χ1n) is 8.40. The summed E-state index contributed by atoms with van der Waals surface area (Å²) in [6.45, 7) is 1.46. The molecule has 2 aromatic carbocycles. The summed E-state index contributed by atoms with van der Waals surface area (Å²) in [5, 5.41) is 4.36. The van der Waals surface area contributed by atoms with Crippen molar-refractivity contribution in [3.8, 4) is 0 Å². The molecule has 1 saturated heterocycles. The quantitative estimate of drug-likeness (QED) is 0.719. The normalized spacial score (nSPS) is 15.7. The van der Waals surface area contributed by atoms with Crippen LogP contribution in [0.5, 0.6) is 0 Å². The van der Waals surface area contributed by atoms with Crippen LogP contribution >= 0.6 is 11.6 Å². The molecule has 0 radical (unpaired) electrons. The number of hydrogen-bond acceptors (Lipinski definition) is 6. The molecule has 1 aliphatic heterocycles. The highest BCUT2D eigenvalue weighted by atomic mass is 35.5. The van der Waals surface area contributed by atoms with Gasteiger partial charge in [0.2, 0.25) is 10.0 Å². The third-order valence-corrected chi connectivity index (χ3v) is 6.57. The number of halogens is 1. The van der Waals surface area contributed by atoms with Crippen LogP contribution in [0, 0.1) is 0 Å². The molecule has 0 amide bonds. The fourth-order valence-electron chi connectivity index (χ4n) is 2.93. The monoisotopic (exact) mass is 404 g/mol. The third kappa shape index (κ3) is 3.61. The fourth-order valence-corrected chi connectivity index (χ4v) is 4.53. The van der Waals surface area contributed by atoms with E-state index >= 15 is 0 Å². The molecule has 0 spiro atoms. The zero-order chi connectivity index (χ0) is 18.9. The zero-order valence-corrected chi connectivity index (χ0v) is 15.9. The lowest BCUT2D eigenvalue weighted by atomic mass is 10.2. The topological polar surface area (TPSA) is 84.4 Å². The number of para-hydroxylation sites is 1. The van der Waals surface area contributed by atoms with Gasteiger partial charge in [-0.1, -0.05) is 23.7 Å². The van der Waals surface area contributed by atoms with Crippen molar-refractivity contribution in [3.05, 3.63) is 53.8 Å². The number of anilines is 2. The summed E-state index contributed by atoms with van der Waals surface area (Å²) in [5.41, 5.74) is 1.25. The van der Waals surface area contributed by atoms with Crippen molar-refractivity contribution in [1.82, 2.24) is 14.3 Å². The number of aromatic nitrogens is 2. The highest BCUT2D eigenvalue weighted by molar-refractivity contribution is 7.89. The molecule has 2 heterocycles. The van der Waals surface area contributed by atoms with Gasteiger partial charge >= 0.3 is 0 Å². The fraction of sp³-hybridized carbons (Fsp3) is 0.222. The van der Waals surface area contributed by atoms with Crippen LogP contribution in [-0.2, 0) is 14.8 Å². The molecular weight excluding hydrogens is 388 g/mol. The molecule has 140 valence electrons. The van der Waals surface area contributed by atoms with Gasteiger partial charge in [0.1, 0.15) is 12.1 Å². The summed E-state index contributed by atoms with van der Waals surface area (Å²) in [6.07, 6.45) is 1.45. The second kappa shape index (κ2) is 7.40. The van der Waals surface area contributed by atoms with Crippen LogP contribution < -0.4 is 5.32 Å². The number of nitrogens with one attached hydrogen (secondary N) is 1. The Morgan fingerprint density at radius 3 is 2.67 bits per heavy atom. The summed E-state index contributed by atoms with van der Waals surface area (Å²) in [7, 11) is -3.61. The van der Waals surface area contributed by atoms with E-state index in [0.29, 0.717) is 42.8 Å². The molecule has 0 bridgehead atoms. The molecule has 0 atom stereocenters. The van der Waals surface area contributed by atoms with Crippen LogP contribution in [0.25, 0.3) is 10.9 Å². The Labute approximate surface area is 162 Å². The molecular formula is C18H17ClN4O3S. The Balaban J connectivity index is 1.70. The minimum Gasteiger partial charge on any atom is -0.379 e. The molecule has 9 heteroatoms. The van der Waals surface area contributed by atoms with Gasteiger partial charge in [0.15, 0.2) is 0 Å². The molecule has 7 nitrogen and oxygen atoms in total. The summed E-state index contributed by atoms with van der Waals surface area (Å²) >= 11 is 6.30. The van der Waals surface area contributed by atoms with Gasteiger partial charge in [0.25, 0.3) is 0 Å². The van der Waals surface area contributed by atoms with Crippen LogP contribution in [-0.4, -0.2) is 49.0 Å². The van der Waals surface area contributed by atoms with E-state index in [2.05, 4.69) is 15.3 Å². The van der Waals surface area contributed by atoms with Crippen molar-refractivity contribution >= 4 is 44.0 Å². The van der Waals surface area contributed by atoms with Crippen molar-refractivity contribution in [1.29, 1.82) is 0 Å². The molecule has 1 fully saturated rings. The first kappa shape index (κ1) is 18.1. The van der Waals surface area contributed by atoms with Gasteiger partial charge in [-0.05, 0) is 30.3 Å². The Morgan fingerprint density at radius 2 is 1.85 bits per heavy atom. The van der Waals surface area contributed by atoms with Gasteiger partial charge in [-0.3, -0.25) is 0 Å². The van der Waals surface area contributed by atoms with Crippen molar-refractivity contribution in [2.45, 2.75) is 4.90 Å². The SMILES string of the molecule is O=S(=O)(c1ccc(Cl)c(Nc2ncnc3ccccc23)c1)N1CCOCC1. The third-order valence-electron chi connectivity index (χ3n) is 4.34. The van der Waals surface area contributed by atoms with E-state index in [4.69, 9.17) is 16.3 Å². The zero-order valence-electron chi connectivity index (χ0n) is 14.3. The average molecular weight is 405 g/mol. The Bertz CT molecular complexity index is 1080. The van der Waals surface area contributed by atoms with Gasteiger partial charge in [-0.25, -0.2) is 18.4 Å². The summed E-state index contributed by atoms with van der Waals surface area (Å²) in [4.78, 5) is 8.67. The van der Waals surface area contributed by atoms with Crippen molar-refractivity contribution in [3.63, 3.8) is 0 Å². The number of ether oxygens (including phenoxy) is 1. The second-order valence-electron chi connectivity index (χ2n) is 6.02. The van der Waals surface area contributed by atoms with E-state index in [-0.39, 0.29) is 4.90 Å². The summed E-state index contributed by atoms with van der Waals surface area (Å²) in [6, 6.07) is 12.2. The van der Waals surface area contributed by atoms with Gasteiger partial charge in [-0.15, -0.1) is 0 Å². The van der Waals surface area contributed by atoms with Gasteiger partial charge in [0, 0.05) is 18.5 Å². The first-order chi connectivity index (χ1) is 13.1. The van der Waals surface area contributed by atoms with E-state index < -0.39 is 10.0 Å². The van der Waals surface area contributed by atoms with E-state index in [1.165, 1.54) is 22.8 Å². The number of rotatable bonds is 4. The molecule has 4 rings (SSSR count). The number of sulfonamides is 1. The lowest BCUT2D eigenvalue weighted by Gasteiger charge is -2.26. The van der Waals surface area contributed by atoms with E-state index in [1.54, 1.807) is 6.07 Å². The second-order valence-corrected chi connectivity index (χ2v) is 8.37. The van der Waals surface area contributed by atoms with E-state index in [9.17, 15) is 8.42 Å². The highest BCUT2D eigenvalue weighted by Gasteiger charge is 2.27. The molecule has 3 aromatic rings. The number of benzene rings is 2. The van der Waals surface area contributed by atoms with Gasteiger partial charge in [0.05, 0.1) is 34.3 Å². The van der Waals surface area contributed by atoms with Crippen LogP contribution in [0.4, 0.5) is 11.5 Å². The predicted octanol–water partition coefficient (Wildman–Crippen LogP) is 3.05. The lowest BCUT2D eigenvalue weighted by Crippen LogP contribution is -2.40. The molecule has 0 unspecified atom stereocenters. The Hall–Kier alpha value is -2.26. The first-order valence-corrected chi connectivity index (χ1v) is 10.2. The average Bonchev–Trinajstić information content (AvgIpc) is 2.70. The highest BCUT2D eigenvalue weighted by Crippen LogP contribution is 2.31. The van der Waals surface area contributed by atoms with Crippen LogP contribution in [0.2, 0.25) is 5.02 Å². The maximum Gasteiger partial charge on any atom is 0.243 e. The Morgan fingerprint density at radius 1 is 1.07 bits per heavy atom. The Kier molecular flexibility index (Phi) is 4.96. The molecule has 1 aromatic heterocycles. The van der Waals surface area contributed by atoms with E-state index in [0.717, 1.165) is 10.9 Å². The lowest BCUT2D eigenvalue weighted by molar-refractivity contribution is 0.0730. The van der Waals surface area contributed by atoms with Crippen LogP contribution in [0.1, 0.15) is 0 Å². The summed E-state index contributed by atoms with van der Waals surface area (Å²) in [5.74, 6) is 0.559. The van der Waals surface area contributed by atoms with Crippen molar-refractivity contribution < 1.29 is 13.2 Å². The number of hydrogen-bond donors (Lipinski definition) is 1. The van der Waals surface area contributed by atoms with Crippen molar-refractivity contribution in [2.24, 2.45) is 0 Å². The number of morpholine rings is 1. The molecule has 0 aliphatic carbocycles. The van der Waals surface area contributed by atoms with Crippen LogP contribution in [0.15, 0.2) is 53.7 Å². The smallest absolute Gasteiger partial charge is 0.243 e. The van der Waals surface area contributed by atoms with Crippen molar-refractivity contribution in [2.75, 3.05) is 31.6 Å². The van der Waals surface area contributed by atoms with Gasteiger partial charge in [-0.2, -0.15) is 4.31 Å². The van der Waals surface area contributed by atoms with Gasteiger partial charge < -0.3 is 10.1 Å². The predicted molar refractivity (Wildman–Crippen MR) is 104 cm³/mol. The number of nitrogens with zero attached hydrogens (tertiary/aromatic N) is 3.